The Morgan fingerprint density at radius 3 is 2.55 bits per heavy atom. The second-order valence-electron chi connectivity index (χ2n) is 5.15. The lowest BCUT2D eigenvalue weighted by atomic mass is 10.2. The molecule has 0 spiro atoms. The van der Waals surface area contributed by atoms with Gasteiger partial charge in [0.05, 0.1) is 23.4 Å². The van der Waals surface area contributed by atoms with Gasteiger partial charge in [-0.1, -0.05) is 0 Å². The topological polar surface area (TPSA) is 82.4 Å². The molecule has 3 rings (SSSR count). The minimum Gasteiger partial charge on any atom is -0.395 e. The third kappa shape index (κ3) is 2.51. The Hall–Kier alpha value is -1.83. The largest absolute Gasteiger partial charge is 0.395 e. The van der Waals surface area contributed by atoms with Gasteiger partial charge in [-0.15, -0.1) is 11.3 Å². The van der Waals surface area contributed by atoms with Gasteiger partial charge in [-0.05, 0) is 25.5 Å². The van der Waals surface area contributed by atoms with Crippen molar-refractivity contribution in [2.45, 2.75) is 13.8 Å². The number of aromatic nitrogens is 3. The van der Waals surface area contributed by atoms with Gasteiger partial charge >= 0.3 is 0 Å². The van der Waals surface area contributed by atoms with E-state index in [1.165, 1.54) is 6.33 Å². The minimum absolute atomic E-state index is 0.00680. The predicted octanol–water partition coefficient (Wildman–Crippen LogP) is 1.65. The van der Waals surface area contributed by atoms with E-state index in [1.807, 2.05) is 18.7 Å². The molecule has 3 aromatic heterocycles. The Labute approximate surface area is 132 Å². The van der Waals surface area contributed by atoms with Crippen molar-refractivity contribution in [3.8, 4) is 0 Å². The molecule has 0 aliphatic rings. The van der Waals surface area contributed by atoms with Gasteiger partial charge in [-0.25, -0.2) is 15.0 Å². The number of thiophene rings is 1. The molecule has 0 saturated heterocycles. The standard InChI is InChI=1S/C15H18N4O2S/c1-9-7-11-12-13(22-15(11)18-10(9)2)14(17-8-16-12)19(3-5-20)4-6-21/h7-8,20-21H,3-6H2,1-2H3. The van der Waals surface area contributed by atoms with Crippen LogP contribution in [0.5, 0.6) is 0 Å². The van der Waals surface area contributed by atoms with Crippen LogP contribution in [0.1, 0.15) is 11.3 Å². The maximum Gasteiger partial charge on any atom is 0.150 e. The van der Waals surface area contributed by atoms with Gasteiger partial charge in [0.2, 0.25) is 0 Å². The van der Waals surface area contributed by atoms with Crippen LogP contribution < -0.4 is 4.90 Å². The zero-order valence-corrected chi connectivity index (χ0v) is 13.4. The van der Waals surface area contributed by atoms with Crippen LogP contribution in [0.3, 0.4) is 0 Å². The molecule has 3 aromatic rings. The van der Waals surface area contributed by atoms with Crippen molar-refractivity contribution in [1.29, 1.82) is 0 Å². The first-order chi connectivity index (χ1) is 10.7. The van der Waals surface area contributed by atoms with E-state index < -0.39 is 0 Å². The number of aryl methyl sites for hydroxylation is 2. The molecule has 0 aliphatic carbocycles. The summed E-state index contributed by atoms with van der Waals surface area (Å²) >= 11 is 1.55. The maximum absolute atomic E-state index is 9.23. The fraction of sp³-hybridized carbons (Fsp3) is 0.400. The zero-order valence-electron chi connectivity index (χ0n) is 12.6. The van der Waals surface area contributed by atoms with E-state index in [4.69, 9.17) is 0 Å². The average molecular weight is 318 g/mol. The summed E-state index contributed by atoms with van der Waals surface area (Å²) in [6.07, 6.45) is 1.53. The van der Waals surface area contributed by atoms with E-state index in [1.54, 1.807) is 11.3 Å². The van der Waals surface area contributed by atoms with Gasteiger partial charge in [0, 0.05) is 24.2 Å². The number of aliphatic hydroxyl groups is 2. The highest BCUT2D eigenvalue weighted by Gasteiger charge is 2.17. The number of aliphatic hydroxyl groups excluding tert-OH is 2. The molecule has 2 N–H and O–H groups in total. The molecule has 3 heterocycles. The van der Waals surface area contributed by atoms with E-state index in [0.29, 0.717) is 13.1 Å². The summed E-state index contributed by atoms with van der Waals surface area (Å²) in [5.41, 5.74) is 3.02. The first-order valence-corrected chi connectivity index (χ1v) is 7.95. The van der Waals surface area contributed by atoms with E-state index in [-0.39, 0.29) is 13.2 Å². The molecule has 7 heteroatoms. The zero-order chi connectivity index (χ0) is 15.7. The third-order valence-electron chi connectivity index (χ3n) is 3.71. The molecule has 0 unspecified atom stereocenters. The van der Waals surface area contributed by atoms with Crippen LogP contribution in [-0.2, 0) is 0 Å². The van der Waals surface area contributed by atoms with E-state index in [0.717, 1.165) is 37.5 Å². The lowest BCUT2D eigenvalue weighted by Crippen LogP contribution is -2.30. The summed E-state index contributed by atoms with van der Waals surface area (Å²) in [5.74, 6) is 0.742. The SMILES string of the molecule is Cc1cc2c(nc1C)sc1c(N(CCO)CCO)ncnc12. The molecule has 116 valence electrons. The molecule has 0 aliphatic heterocycles. The van der Waals surface area contributed by atoms with Crippen molar-refractivity contribution in [2.24, 2.45) is 0 Å². The molecule has 6 nitrogen and oxygen atoms in total. The Morgan fingerprint density at radius 2 is 1.86 bits per heavy atom. The summed E-state index contributed by atoms with van der Waals surface area (Å²) in [4.78, 5) is 16.2. The van der Waals surface area contributed by atoms with Gasteiger partial charge in [0.15, 0.2) is 0 Å². The number of pyridine rings is 1. The maximum atomic E-state index is 9.23. The molecule has 0 fully saturated rings. The van der Waals surface area contributed by atoms with Crippen LogP contribution in [0.2, 0.25) is 0 Å². The average Bonchev–Trinajstić information content (AvgIpc) is 2.85. The molecule has 22 heavy (non-hydrogen) atoms. The van der Waals surface area contributed by atoms with Crippen molar-refractivity contribution in [2.75, 3.05) is 31.2 Å². The Morgan fingerprint density at radius 1 is 1.14 bits per heavy atom. The first kappa shape index (κ1) is 15.1. The predicted molar refractivity (Wildman–Crippen MR) is 88.6 cm³/mol. The monoisotopic (exact) mass is 318 g/mol. The number of rotatable bonds is 5. The van der Waals surface area contributed by atoms with Gasteiger partial charge in [-0.3, -0.25) is 0 Å². The van der Waals surface area contributed by atoms with Gasteiger partial charge in [0.25, 0.3) is 0 Å². The fourth-order valence-corrected chi connectivity index (χ4v) is 3.64. The minimum atomic E-state index is 0.00680. The summed E-state index contributed by atoms with van der Waals surface area (Å²) in [7, 11) is 0. The van der Waals surface area contributed by atoms with Crippen molar-refractivity contribution in [3.05, 3.63) is 23.7 Å². The summed E-state index contributed by atoms with van der Waals surface area (Å²) < 4.78 is 0.942. The molecule has 0 bridgehead atoms. The lowest BCUT2D eigenvalue weighted by molar-refractivity contribution is 0.281. The highest BCUT2D eigenvalue weighted by atomic mass is 32.1. The number of anilines is 1. The van der Waals surface area contributed by atoms with Crippen LogP contribution in [0, 0.1) is 13.8 Å². The molecule has 0 radical (unpaired) electrons. The van der Waals surface area contributed by atoms with Crippen molar-refractivity contribution >= 4 is 37.6 Å². The summed E-state index contributed by atoms with van der Waals surface area (Å²) in [6, 6.07) is 2.11. The lowest BCUT2D eigenvalue weighted by Gasteiger charge is -2.21. The Balaban J connectivity index is 2.23. The van der Waals surface area contributed by atoms with Crippen molar-refractivity contribution < 1.29 is 10.2 Å². The van der Waals surface area contributed by atoms with Crippen LogP contribution in [-0.4, -0.2) is 51.5 Å². The number of hydrogen-bond acceptors (Lipinski definition) is 7. The molecular formula is C15H18N4O2S. The molecule has 0 amide bonds. The number of nitrogens with zero attached hydrogens (tertiary/aromatic N) is 4. The van der Waals surface area contributed by atoms with Crippen LogP contribution >= 0.6 is 11.3 Å². The van der Waals surface area contributed by atoms with Crippen molar-refractivity contribution in [3.63, 3.8) is 0 Å². The summed E-state index contributed by atoms with van der Waals surface area (Å²) in [6.45, 7) is 4.89. The fourth-order valence-electron chi connectivity index (χ4n) is 2.47. The van der Waals surface area contributed by atoms with Crippen LogP contribution in [0.15, 0.2) is 12.4 Å². The quantitative estimate of drug-likeness (QED) is 0.744. The van der Waals surface area contributed by atoms with Gasteiger partial charge < -0.3 is 15.1 Å². The summed E-state index contributed by atoms with van der Waals surface area (Å²) in [5, 5.41) is 19.5. The molecule has 0 saturated carbocycles. The van der Waals surface area contributed by atoms with Crippen LogP contribution in [0.4, 0.5) is 5.82 Å². The highest BCUT2D eigenvalue weighted by Crippen LogP contribution is 2.36. The van der Waals surface area contributed by atoms with E-state index in [2.05, 4.69) is 21.0 Å². The molecule has 0 aromatic carbocycles. The van der Waals surface area contributed by atoms with E-state index in [9.17, 15) is 10.2 Å². The third-order valence-corrected chi connectivity index (χ3v) is 4.79. The molecule has 0 atom stereocenters. The van der Waals surface area contributed by atoms with E-state index >= 15 is 0 Å². The number of hydrogen-bond donors (Lipinski definition) is 2. The van der Waals surface area contributed by atoms with Gasteiger partial charge in [-0.2, -0.15) is 0 Å². The first-order valence-electron chi connectivity index (χ1n) is 7.13. The highest BCUT2D eigenvalue weighted by molar-refractivity contribution is 7.25. The van der Waals surface area contributed by atoms with Gasteiger partial charge in [0.1, 0.15) is 17.0 Å². The Bertz CT molecular complexity index is 812. The number of fused-ring (bicyclic) bond motifs is 3. The molecular weight excluding hydrogens is 300 g/mol. The van der Waals surface area contributed by atoms with Crippen molar-refractivity contribution in [1.82, 2.24) is 15.0 Å². The Kier molecular flexibility index (Phi) is 4.19. The normalized spacial score (nSPS) is 11.5. The van der Waals surface area contributed by atoms with Crippen LogP contribution in [0.25, 0.3) is 20.4 Å². The second-order valence-corrected chi connectivity index (χ2v) is 6.15. The second kappa shape index (κ2) is 6.12. The smallest absolute Gasteiger partial charge is 0.150 e.